The Balaban J connectivity index is 1.56. The predicted molar refractivity (Wildman–Crippen MR) is 147 cm³/mol. The summed E-state index contributed by atoms with van der Waals surface area (Å²) in [5, 5.41) is 0. The highest BCUT2D eigenvalue weighted by Gasteiger charge is 2.40. The summed E-state index contributed by atoms with van der Waals surface area (Å²) in [5.41, 5.74) is 0. The molecule has 222 valence electrons. The van der Waals surface area contributed by atoms with Gasteiger partial charge in [-0.05, 0) is 24.7 Å². The van der Waals surface area contributed by atoms with E-state index < -0.39 is 47.7 Å². The molecular weight excluding hydrogens is 516 g/mol. The minimum absolute atomic E-state index is 0.194. The Morgan fingerprint density at radius 2 is 0.850 bits per heavy atom. The van der Waals surface area contributed by atoms with Gasteiger partial charge < -0.3 is 9.47 Å². The second-order valence-electron chi connectivity index (χ2n) is 10.6. The second-order valence-corrected chi connectivity index (χ2v) is 10.6. The predicted octanol–water partition coefficient (Wildman–Crippen LogP) is 3.87. The summed E-state index contributed by atoms with van der Waals surface area (Å²) in [6.45, 7) is 7.97. The van der Waals surface area contributed by atoms with E-state index >= 15 is 0 Å². The van der Waals surface area contributed by atoms with Gasteiger partial charge in [-0.3, -0.25) is 29.0 Å². The molecule has 0 bridgehead atoms. The van der Waals surface area contributed by atoms with Crippen LogP contribution in [0.25, 0.3) is 0 Å². The second kappa shape index (κ2) is 16.7. The van der Waals surface area contributed by atoms with Crippen LogP contribution >= 0.6 is 0 Å². The van der Waals surface area contributed by atoms with Gasteiger partial charge in [-0.15, -0.1) is 0 Å². The zero-order valence-corrected chi connectivity index (χ0v) is 24.3. The number of unbranched alkanes of at least 4 members (excludes halogenated alkanes) is 7. The van der Waals surface area contributed by atoms with E-state index in [2.05, 4.69) is 0 Å². The summed E-state index contributed by atoms with van der Waals surface area (Å²) in [6.07, 6.45) is 13.3. The molecule has 10 heteroatoms. The minimum Gasteiger partial charge on any atom is -0.464 e. The molecule has 0 aromatic carbocycles. The van der Waals surface area contributed by atoms with Crippen molar-refractivity contribution in [1.82, 2.24) is 9.80 Å². The molecule has 2 aliphatic rings. The molecule has 10 nitrogen and oxygen atoms in total. The summed E-state index contributed by atoms with van der Waals surface area (Å²) in [7, 11) is 0. The molecule has 4 amide bonds. The Morgan fingerprint density at radius 3 is 1.12 bits per heavy atom. The number of esters is 2. The fourth-order valence-electron chi connectivity index (χ4n) is 4.78. The van der Waals surface area contributed by atoms with Gasteiger partial charge in [0.15, 0.2) is 0 Å². The standard InChI is InChI=1S/C30H44N2O8/c1-5-21(3)27(31-23(33)15-16-24(31)34)29(37)39-19-13-11-9-7-8-10-12-14-20-40-30(38)28(22(4)6-2)32-25(35)17-18-26(32)36/h15-18,21-22,27-28H,5-14,19-20H2,1-4H3. The lowest BCUT2D eigenvalue weighted by molar-refractivity contribution is -0.160. The maximum atomic E-state index is 12.6. The molecule has 0 radical (unpaired) electrons. The first-order valence-electron chi connectivity index (χ1n) is 14.6. The number of nitrogens with zero attached hydrogens (tertiary/aromatic N) is 2. The Morgan fingerprint density at radius 1 is 0.575 bits per heavy atom. The zero-order chi connectivity index (χ0) is 29.7. The third kappa shape index (κ3) is 9.13. The van der Waals surface area contributed by atoms with Crippen LogP contribution < -0.4 is 0 Å². The summed E-state index contributed by atoms with van der Waals surface area (Å²) in [4.78, 5) is 75.4. The third-order valence-corrected chi connectivity index (χ3v) is 7.62. The third-order valence-electron chi connectivity index (χ3n) is 7.62. The van der Waals surface area contributed by atoms with Gasteiger partial charge in [0, 0.05) is 24.3 Å². The van der Waals surface area contributed by atoms with Crippen LogP contribution in [-0.4, -0.2) is 70.7 Å². The number of hydrogen-bond acceptors (Lipinski definition) is 8. The van der Waals surface area contributed by atoms with Crippen molar-refractivity contribution in [3.05, 3.63) is 24.3 Å². The molecule has 0 saturated carbocycles. The van der Waals surface area contributed by atoms with Crippen molar-refractivity contribution in [3.63, 3.8) is 0 Å². The van der Waals surface area contributed by atoms with Crippen LogP contribution in [0.2, 0.25) is 0 Å². The zero-order valence-electron chi connectivity index (χ0n) is 24.3. The topological polar surface area (TPSA) is 127 Å². The number of ether oxygens (including phenoxy) is 2. The molecule has 2 aliphatic heterocycles. The van der Waals surface area contributed by atoms with Crippen LogP contribution in [-0.2, 0) is 38.2 Å². The Labute approximate surface area is 237 Å². The molecule has 0 saturated heterocycles. The van der Waals surface area contributed by atoms with Crippen LogP contribution in [0.5, 0.6) is 0 Å². The highest BCUT2D eigenvalue weighted by atomic mass is 16.5. The SMILES string of the molecule is CCC(C)C(C(=O)OCCCCCCCCCCOC(=O)C(C(C)CC)N1C(=O)C=CC1=O)N1C(=O)C=CC1=O. The lowest BCUT2D eigenvalue weighted by Crippen LogP contribution is -2.49. The maximum absolute atomic E-state index is 12.6. The first-order valence-corrected chi connectivity index (χ1v) is 14.6. The van der Waals surface area contributed by atoms with Crippen molar-refractivity contribution in [2.24, 2.45) is 11.8 Å². The van der Waals surface area contributed by atoms with Crippen molar-refractivity contribution >= 4 is 35.6 Å². The smallest absolute Gasteiger partial charge is 0.329 e. The number of hydrogen-bond donors (Lipinski definition) is 0. The van der Waals surface area contributed by atoms with E-state index in [1.54, 1.807) is 0 Å². The fraction of sp³-hybridized carbons (Fsp3) is 0.667. The van der Waals surface area contributed by atoms with Crippen molar-refractivity contribution in [2.75, 3.05) is 13.2 Å². The van der Waals surface area contributed by atoms with Crippen LogP contribution in [0.1, 0.15) is 91.9 Å². The summed E-state index contributed by atoms with van der Waals surface area (Å²) < 4.78 is 10.8. The number of imide groups is 2. The Bertz CT molecular complexity index is 874. The first-order chi connectivity index (χ1) is 19.1. The van der Waals surface area contributed by atoms with Gasteiger partial charge in [-0.25, -0.2) is 9.59 Å². The molecule has 0 spiro atoms. The van der Waals surface area contributed by atoms with E-state index in [1.807, 2.05) is 27.7 Å². The Hall–Kier alpha value is -3.30. The van der Waals surface area contributed by atoms with E-state index in [9.17, 15) is 28.8 Å². The number of carbonyl (C=O) groups excluding carboxylic acids is 6. The summed E-state index contributed by atoms with van der Waals surface area (Å²) in [6, 6.07) is -1.80. The Kier molecular flexibility index (Phi) is 13.8. The maximum Gasteiger partial charge on any atom is 0.329 e. The molecule has 0 aliphatic carbocycles. The average molecular weight is 561 g/mol. The monoisotopic (exact) mass is 560 g/mol. The molecule has 4 unspecified atom stereocenters. The van der Waals surface area contributed by atoms with E-state index in [-0.39, 0.29) is 25.0 Å². The highest BCUT2D eigenvalue weighted by molar-refractivity contribution is 6.15. The summed E-state index contributed by atoms with van der Waals surface area (Å²) in [5.74, 6) is -3.37. The van der Waals surface area contributed by atoms with Crippen LogP contribution in [0.3, 0.4) is 0 Å². The molecule has 40 heavy (non-hydrogen) atoms. The number of carbonyl (C=O) groups is 6. The molecule has 0 N–H and O–H groups in total. The molecule has 0 aromatic rings. The van der Waals surface area contributed by atoms with Gasteiger partial charge >= 0.3 is 11.9 Å². The van der Waals surface area contributed by atoms with Crippen molar-refractivity contribution in [2.45, 2.75) is 104 Å². The molecule has 0 fully saturated rings. The number of amides is 4. The lowest BCUT2D eigenvalue weighted by Gasteiger charge is -2.28. The van der Waals surface area contributed by atoms with Crippen molar-refractivity contribution in [1.29, 1.82) is 0 Å². The first kappa shape index (κ1) is 32.9. The average Bonchev–Trinajstić information content (AvgIpc) is 3.44. The normalized spacial score (nSPS) is 17.9. The fourth-order valence-corrected chi connectivity index (χ4v) is 4.78. The van der Waals surface area contributed by atoms with Gasteiger partial charge in [-0.1, -0.05) is 79.1 Å². The van der Waals surface area contributed by atoms with E-state index in [1.165, 1.54) is 24.3 Å². The lowest BCUT2D eigenvalue weighted by atomic mass is 9.97. The molecule has 2 heterocycles. The van der Waals surface area contributed by atoms with E-state index in [4.69, 9.17) is 9.47 Å². The quantitative estimate of drug-likeness (QED) is 0.132. The minimum atomic E-state index is -0.901. The largest absolute Gasteiger partial charge is 0.464 e. The van der Waals surface area contributed by atoms with Crippen LogP contribution in [0.4, 0.5) is 0 Å². The highest BCUT2D eigenvalue weighted by Crippen LogP contribution is 2.22. The van der Waals surface area contributed by atoms with Crippen LogP contribution in [0.15, 0.2) is 24.3 Å². The molecule has 4 atom stereocenters. The van der Waals surface area contributed by atoms with Gasteiger partial charge in [0.1, 0.15) is 12.1 Å². The van der Waals surface area contributed by atoms with Gasteiger partial charge in [0.25, 0.3) is 23.6 Å². The molecular formula is C30H44N2O8. The molecule has 2 rings (SSSR count). The van der Waals surface area contributed by atoms with Crippen molar-refractivity contribution in [3.8, 4) is 0 Å². The number of rotatable bonds is 19. The van der Waals surface area contributed by atoms with Gasteiger partial charge in [0.2, 0.25) is 0 Å². The van der Waals surface area contributed by atoms with E-state index in [0.717, 1.165) is 48.3 Å². The van der Waals surface area contributed by atoms with Crippen molar-refractivity contribution < 1.29 is 38.2 Å². The molecule has 0 aromatic heterocycles. The van der Waals surface area contributed by atoms with Gasteiger partial charge in [-0.2, -0.15) is 0 Å². The van der Waals surface area contributed by atoms with Crippen LogP contribution in [0, 0.1) is 11.8 Å². The van der Waals surface area contributed by atoms with E-state index in [0.29, 0.717) is 25.7 Å². The summed E-state index contributed by atoms with van der Waals surface area (Å²) >= 11 is 0. The van der Waals surface area contributed by atoms with Gasteiger partial charge in [0.05, 0.1) is 13.2 Å².